The molecule has 0 unspecified atom stereocenters. The van der Waals surface area contributed by atoms with Crippen molar-refractivity contribution < 1.29 is 9.59 Å². The van der Waals surface area contributed by atoms with Gasteiger partial charge in [0.2, 0.25) is 5.82 Å². The molecule has 0 N–H and O–H groups in total. The highest BCUT2D eigenvalue weighted by atomic mass is 32.2. The molecule has 168 valence electrons. The van der Waals surface area contributed by atoms with E-state index in [0.717, 1.165) is 11.1 Å². The zero-order valence-corrected chi connectivity index (χ0v) is 19.2. The maximum atomic E-state index is 12.5. The third kappa shape index (κ3) is 5.58. The van der Waals surface area contributed by atoms with E-state index in [1.165, 1.54) is 23.5 Å². The van der Waals surface area contributed by atoms with Gasteiger partial charge in [0.05, 0.1) is 5.75 Å². The van der Waals surface area contributed by atoms with Crippen LogP contribution in [0.3, 0.4) is 0 Å². The number of aromatic nitrogens is 7. The smallest absolute Gasteiger partial charge is 0.204 e. The lowest BCUT2D eigenvalue weighted by atomic mass is 10.0. The summed E-state index contributed by atoms with van der Waals surface area (Å²) in [7, 11) is 0. The molecule has 0 saturated heterocycles. The van der Waals surface area contributed by atoms with Crippen LogP contribution in [0.15, 0.2) is 59.8 Å². The SMILES string of the molecule is CCn1c(Cn2nnc(-c3ccccc3)n2)nnc1SCC(=O)Cc1cccc(C(C)=O)c1. The van der Waals surface area contributed by atoms with Crippen LogP contribution >= 0.6 is 11.8 Å². The van der Waals surface area contributed by atoms with Crippen LogP contribution in [0.2, 0.25) is 0 Å². The van der Waals surface area contributed by atoms with Crippen LogP contribution in [0.1, 0.15) is 35.6 Å². The molecule has 10 heteroatoms. The number of carbonyl (C=O) groups excluding carboxylic acids is 2. The minimum Gasteiger partial charge on any atom is -0.305 e. The average molecular weight is 462 g/mol. The molecule has 33 heavy (non-hydrogen) atoms. The van der Waals surface area contributed by atoms with E-state index < -0.39 is 0 Å². The predicted molar refractivity (Wildman–Crippen MR) is 124 cm³/mol. The molecule has 0 saturated carbocycles. The first-order valence-corrected chi connectivity index (χ1v) is 11.5. The van der Waals surface area contributed by atoms with Gasteiger partial charge in [0.1, 0.15) is 12.3 Å². The summed E-state index contributed by atoms with van der Waals surface area (Å²) >= 11 is 1.35. The Bertz CT molecular complexity index is 1270. The Morgan fingerprint density at radius 2 is 1.82 bits per heavy atom. The highest BCUT2D eigenvalue weighted by Crippen LogP contribution is 2.19. The second kappa shape index (κ2) is 10.3. The third-order valence-electron chi connectivity index (χ3n) is 4.97. The van der Waals surface area contributed by atoms with Crippen LogP contribution in [0.4, 0.5) is 0 Å². The molecule has 0 spiro atoms. The van der Waals surface area contributed by atoms with E-state index in [1.807, 2.05) is 47.9 Å². The molecule has 0 atom stereocenters. The lowest BCUT2D eigenvalue weighted by Crippen LogP contribution is -2.12. The lowest BCUT2D eigenvalue weighted by Gasteiger charge is -2.07. The van der Waals surface area contributed by atoms with Crippen molar-refractivity contribution in [3.63, 3.8) is 0 Å². The maximum Gasteiger partial charge on any atom is 0.204 e. The van der Waals surface area contributed by atoms with E-state index in [1.54, 1.807) is 18.2 Å². The van der Waals surface area contributed by atoms with Gasteiger partial charge in [0.25, 0.3) is 0 Å². The van der Waals surface area contributed by atoms with E-state index in [2.05, 4.69) is 25.6 Å². The Morgan fingerprint density at radius 1 is 1.00 bits per heavy atom. The Morgan fingerprint density at radius 3 is 2.58 bits per heavy atom. The average Bonchev–Trinajstić information content (AvgIpc) is 3.45. The molecule has 0 amide bonds. The van der Waals surface area contributed by atoms with Crippen molar-refractivity contribution in [1.82, 2.24) is 35.0 Å². The van der Waals surface area contributed by atoms with Gasteiger partial charge in [-0.05, 0) is 30.7 Å². The number of thioether (sulfide) groups is 1. The molecule has 2 heterocycles. The number of ketones is 2. The monoisotopic (exact) mass is 461 g/mol. The number of Topliss-reactive ketones (excluding diaryl/α,β-unsaturated/α-hetero) is 2. The summed E-state index contributed by atoms with van der Waals surface area (Å²) < 4.78 is 1.94. The van der Waals surface area contributed by atoms with Gasteiger partial charge in [-0.3, -0.25) is 9.59 Å². The van der Waals surface area contributed by atoms with Gasteiger partial charge in [-0.2, -0.15) is 4.80 Å². The van der Waals surface area contributed by atoms with Gasteiger partial charge < -0.3 is 4.57 Å². The Balaban J connectivity index is 1.39. The minimum absolute atomic E-state index is 0.0139. The Kier molecular flexibility index (Phi) is 7.04. The van der Waals surface area contributed by atoms with E-state index >= 15 is 0 Å². The van der Waals surface area contributed by atoms with Gasteiger partial charge in [0, 0.05) is 24.1 Å². The molecular formula is C23H23N7O2S. The summed E-state index contributed by atoms with van der Waals surface area (Å²) in [5, 5.41) is 21.9. The number of nitrogens with zero attached hydrogens (tertiary/aromatic N) is 7. The van der Waals surface area contributed by atoms with Crippen LogP contribution in [0.5, 0.6) is 0 Å². The van der Waals surface area contributed by atoms with E-state index in [-0.39, 0.29) is 23.7 Å². The van der Waals surface area contributed by atoms with E-state index in [9.17, 15) is 9.59 Å². The van der Waals surface area contributed by atoms with Crippen molar-refractivity contribution in [3.05, 3.63) is 71.5 Å². The van der Waals surface area contributed by atoms with Crippen LogP contribution in [-0.2, 0) is 24.3 Å². The fourth-order valence-electron chi connectivity index (χ4n) is 3.32. The zero-order chi connectivity index (χ0) is 23.2. The highest BCUT2D eigenvalue weighted by molar-refractivity contribution is 7.99. The molecule has 4 rings (SSSR count). The molecule has 2 aromatic carbocycles. The minimum atomic E-state index is -0.0139. The predicted octanol–water partition coefficient (Wildman–Crippen LogP) is 3.11. The summed E-state index contributed by atoms with van der Waals surface area (Å²) in [6.45, 7) is 4.49. The van der Waals surface area contributed by atoms with Crippen molar-refractivity contribution in [2.24, 2.45) is 0 Å². The van der Waals surface area contributed by atoms with Crippen LogP contribution in [0.25, 0.3) is 11.4 Å². The van der Waals surface area contributed by atoms with Gasteiger partial charge in [-0.1, -0.05) is 60.3 Å². The molecule has 4 aromatic rings. The largest absolute Gasteiger partial charge is 0.305 e. The van der Waals surface area contributed by atoms with E-state index in [4.69, 9.17) is 0 Å². The first kappa shape index (κ1) is 22.5. The normalized spacial score (nSPS) is 11.0. The number of tetrazole rings is 1. The summed E-state index contributed by atoms with van der Waals surface area (Å²) in [6.07, 6.45) is 0.270. The van der Waals surface area contributed by atoms with Crippen LogP contribution in [-0.4, -0.2) is 52.3 Å². The van der Waals surface area contributed by atoms with Gasteiger partial charge in [0.15, 0.2) is 16.8 Å². The highest BCUT2D eigenvalue weighted by Gasteiger charge is 2.16. The number of carbonyl (C=O) groups is 2. The van der Waals surface area contributed by atoms with Gasteiger partial charge in [-0.15, -0.1) is 20.4 Å². The lowest BCUT2D eigenvalue weighted by molar-refractivity contribution is -0.116. The van der Waals surface area contributed by atoms with Crippen molar-refractivity contribution >= 4 is 23.3 Å². The number of hydrogen-bond donors (Lipinski definition) is 0. The van der Waals surface area contributed by atoms with Crippen molar-refractivity contribution in [2.45, 2.75) is 38.5 Å². The molecular weight excluding hydrogens is 438 g/mol. The number of hydrogen-bond acceptors (Lipinski definition) is 8. The molecule has 0 bridgehead atoms. The Hall–Kier alpha value is -3.66. The molecule has 2 aromatic heterocycles. The molecule has 9 nitrogen and oxygen atoms in total. The molecule has 0 aliphatic rings. The van der Waals surface area contributed by atoms with Crippen molar-refractivity contribution in [3.8, 4) is 11.4 Å². The third-order valence-corrected chi connectivity index (χ3v) is 6.00. The zero-order valence-electron chi connectivity index (χ0n) is 18.4. The van der Waals surface area contributed by atoms with Crippen molar-refractivity contribution in [2.75, 3.05) is 5.75 Å². The second-order valence-electron chi connectivity index (χ2n) is 7.41. The topological polar surface area (TPSA) is 108 Å². The summed E-state index contributed by atoms with van der Waals surface area (Å²) in [5.74, 6) is 1.55. The number of benzene rings is 2. The van der Waals surface area contributed by atoms with Crippen LogP contribution < -0.4 is 0 Å². The molecule has 0 aliphatic heterocycles. The molecule has 0 fully saturated rings. The molecule has 0 aliphatic carbocycles. The van der Waals surface area contributed by atoms with Crippen LogP contribution in [0, 0.1) is 0 Å². The summed E-state index contributed by atoms with van der Waals surface area (Å²) in [6, 6.07) is 16.8. The van der Waals surface area contributed by atoms with Gasteiger partial charge >= 0.3 is 0 Å². The number of rotatable bonds is 10. The quantitative estimate of drug-likeness (QED) is 0.262. The fourth-order valence-corrected chi connectivity index (χ4v) is 4.20. The standard InChI is InChI=1S/C23H23N7O2S/c1-3-29-21(14-30-27-22(25-28-30)18-9-5-4-6-10-18)24-26-23(29)33-15-20(32)13-17-8-7-11-19(12-17)16(2)31/h4-12H,3,13-15H2,1-2H3. The van der Waals surface area contributed by atoms with Crippen molar-refractivity contribution in [1.29, 1.82) is 0 Å². The maximum absolute atomic E-state index is 12.5. The second-order valence-corrected chi connectivity index (χ2v) is 8.36. The molecule has 0 radical (unpaired) electrons. The van der Waals surface area contributed by atoms with E-state index in [0.29, 0.717) is 35.5 Å². The summed E-state index contributed by atoms with van der Waals surface area (Å²) in [5.41, 5.74) is 2.34. The Labute approximate surface area is 195 Å². The van der Waals surface area contributed by atoms with Gasteiger partial charge in [-0.25, -0.2) is 0 Å². The first-order chi connectivity index (χ1) is 16.0. The first-order valence-electron chi connectivity index (χ1n) is 10.5. The summed E-state index contributed by atoms with van der Waals surface area (Å²) in [4.78, 5) is 25.5. The fraction of sp³-hybridized carbons (Fsp3) is 0.261.